The Bertz CT molecular complexity index is 573. The molecule has 0 radical (unpaired) electrons. The Morgan fingerprint density at radius 2 is 2.05 bits per heavy atom. The summed E-state index contributed by atoms with van der Waals surface area (Å²) in [6.45, 7) is 2.27. The van der Waals surface area contributed by atoms with Gasteiger partial charge in [0.2, 0.25) is 10.0 Å². The van der Waals surface area contributed by atoms with Crippen molar-refractivity contribution in [1.82, 2.24) is 10.0 Å². The molecule has 1 rings (SSSR count). The van der Waals surface area contributed by atoms with Gasteiger partial charge in [-0.3, -0.25) is 0 Å². The van der Waals surface area contributed by atoms with E-state index < -0.39 is 16.1 Å². The van der Waals surface area contributed by atoms with Gasteiger partial charge in [-0.25, -0.2) is 17.9 Å². The van der Waals surface area contributed by atoms with Gasteiger partial charge in [0.25, 0.3) is 0 Å². The van der Waals surface area contributed by atoms with Crippen LogP contribution in [0.1, 0.15) is 25.0 Å². The zero-order valence-electron chi connectivity index (χ0n) is 12.1. The lowest BCUT2D eigenvalue weighted by atomic mass is 10.1. The number of anilines is 1. The summed E-state index contributed by atoms with van der Waals surface area (Å²) in [7, 11) is -3.19. The molecule has 0 aliphatic heterocycles. The summed E-state index contributed by atoms with van der Waals surface area (Å²) in [5.41, 5.74) is 1.30. The molecule has 0 heterocycles. The van der Waals surface area contributed by atoms with Crippen LogP contribution in [-0.2, 0) is 10.0 Å². The monoisotopic (exact) mass is 315 g/mol. The van der Waals surface area contributed by atoms with Crippen LogP contribution in [0.4, 0.5) is 10.5 Å². The van der Waals surface area contributed by atoms with Crippen LogP contribution in [0.25, 0.3) is 0 Å². The lowest BCUT2D eigenvalue weighted by Crippen LogP contribution is -2.32. The molecule has 1 aromatic rings. The minimum absolute atomic E-state index is 0.274. The second kappa shape index (κ2) is 7.96. The molecule has 0 saturated carbocycles. The smallest absolute Gasteiger partial charge is 0.319 e. The van der Waals surface area contributed by atoms with Crippen LogP contribution in [0, 0.1) is 0 Å². The second-order valence-corrected chi connectivity index (χ2v) is 6.54. The maximum absolute atomic E-state index is 11.6. The van der Waals surface area contributed by atoms with E-state index in [1.807, 2.05) is 0 Å². The van der Waals surface area contributed by atoms with Crippen LogP contribution in [0.2, 0.25) is 0 Å². The number of rotatable bonds is 7. The zero-order valence-corrected chi connectivity index (χ0v) is 12.9. The number of carbonyl (C=O) groups is 1. The third-order valence-corrected chi connectivity index (χ3v) is 3.36. The Morgan fingerprint density at radius 3 is 2.67 bits per heavy atom. The fourth-order valence-electron chi connectivity index (χ4n) is 1.60. The molecule has 0 spiro atoms. The molecule has 0 aliphatic rings. The number of hydrogen-bond acceptors (Lipinski definition) is 4. The molecule has 0 saturated heterocycles. The predicted octanol–water partition coefficient (Wildman–Crippen LogP) is 0.801. The maximum Gasteiger partial charge on any atom is 0.319 e. The van der Waals surface area contributed by atoms with Crippen molar-refractivity contribution in [3.63, 3.8) is 0 Å². The van der Waals surface area contributed by atoms with Crippen molar-refractivity contribution in [2.75, 3.05) is 24.7 Å². The molecule has 2 amide bonds. The van der Waals surface area contributed by atoms with E-state index in [0.717, 1.165) is 6.26 Å². The van der Waals surface area contributed by atoms with E-state index in [1.165, 1.54) is 0 Å². The van der Waals surface area contributed by atoms with Gasteiger partial charge in [0.1, 0.15) is 0 Å². The molecular weight excluding hydrogens is 294 g/mol. The second-order valence-electron chi connectivity index (χ2n) is 4.70. The summed E-state index contributed by atoms with van der Waals surface area (Å²) in [5.74, 6) is 0. The average molecular weight is 315 g/mol. The Morgan fingerprint density at radius 1 is 1.33 bits per heavy atom. The van der Waals surface area contributed by atoms with E-state index in [0.29, 0.717) is 24.2 Å². The molecule has 118 valence electrons. The van der Waals surface area contributed by atoms with Crippen LogP contribution in [0.3, 0.4) is 0 Å². The maximum atomic E-state index is 11.6. The Balaban J connectivity index is 2.32. The zero-order chi connectivity index (χ0) is 15.9. The number of benzene rings is 1. The molecule has 0 fully saturated rings. The third-order valence-electron chi connectivity index (χ3n) is 2.63. The average Bonchev–Trinajstić information content (AvgIpc) is 2.37. The lowest BCUT2D eigenvalue weighted by Gasteiger charge is -2.10. The number of aliphatic hydroxyl groups is 1. The lowest BCUT2D eigenvalue weighted by molar-refractivity contribution is 0.199. The van der Waals surface area contributed by atoms with Crippen LogP contribution >= 0.6 is 0 Å². The van der Waals surface area contributed by atoms with Crippen molar-refractivity contribution in [3.05, 3.63) is 29.8 Å². The van der Waals surface area contributed by atoms with Gasteiger partial charge >= 0.3 is 6.03 Å². The molecule has 21 heavy (non-hydrogen) atoms. The fraction of sp³-hybridized carbons (Fsp3) is 0.462. The molecule has 0 aliphatic carbocycles. The SMILES string of the molecule is CC(O)c1cccc(NC(=O)NCCCNS(C)(=O)=O)c1. The first-order valence-corrected chi connectivity index (χ1v) is 8.44. The van der Waals surface area contributed by atoms with Crippen LogP contribution < -0.4 is 15.4 Å². The quantitative estimate of drug-likeness (QED) is 0.558. The van der Waals surface area contributed by atoms with Gasteiger partial charge in [-0.1, -0.05) is 12.1 Å². The molecule has 0 bridgehead atoms. The Kier molecular flexibility index (Phi) is 6.60. The van der Waals surface area contributed by atoms with E-state index >= 15 is 0 Å². The number of amides is 2. The minimum atomic E-state index is -3.19. The minimum Gasteiger partial charge on any atom is -0.389 e. The van der Waals surface area contributed by atoms with Crippen molar-refractivity contribution >= 4 is 21.7 Å². The van der Waals surface area contributed by atoms with Crippen molar-refractivity contribution in [3.8, 4) is 0 Å². The molecular formula is C13H21N3O4S. The van der Waals surface area contributed by atoms with E-state index in [9.17, 15) is 18.3 Å². The highest BCUT2D eigenvalue weighted by molar-refractivity contribution is 7.88. The van der Waals surface area contributed by atoms with Crippen molar-refractivity contribution in [2.24, 2.45) is 0 Å². The van der Waals surface area contributed by atoms with Crippen LogP contribution in [0.15, 0.2) is 24.3 Å². The Hall–Kier alpha value is -1.64. The van der Waals surface area contributed by atoms with E-state index in [-0.39, 0.29) is 12.6 Å². The van der Waals surface area contributed by atoms with Gasteiger partial charge in [-0.2, -0.15) is 0 Å². The number of aliphatic hydroxyl groups excluding tert-OH is 1. The largest absolute Gasteiger partial charge is 0.389 e. The number of carbonyl (C=O) groups excluding carboxylic acids is 1. The Labute approximate surface area is 124 Å². The van der Waals surface area contributed by atoms with Gasteiger partial charge in [0, 0.05) is 18.8 Å². The molecule has 4 N–H and O–H groups in total. The summed E-state index contributed by atoms with van der Waals surface area (Å²) < 4.78 is 24.0. The summed E-state index contributed by atoms with van der Waals surface area (Å²) in [5, 5.41) is 14.7. The van der Waals surface area contributed by atoms with E-state index in [2.05, 4.69) is 15.4 Å². The number of sulfonamides is 1. The van der Waals surface area contributed by atoms with Gasteiger partial charge < -0.3 is 15.7 Å². The molecule has 1 unspecified atom stereocenters. The van der Waals surface area contributed by atoms with Gasteiger partial charge in [0.15, 0.2) is 0 Å². The first-order valence-electron chi connectivity index (χ1n) is 6.55. The predicted molar refractivity (Wildman–Crippen MR) is 81.6 cm³/mol. The normalized spacial score (nSPS) is 12.7. The number of urea groups is 1. The molecule has 8 heteroatoms. The van der Waals surface area contributed by atoms with E-state index in [1.54, 1.807) is 31.2 Å². The van der Waals surface area contributed by atoms with Gasteiger partial charge in [-0.05, 0) is 31.0 Å². The fourth-order valence-corrected chi connectivity index (χ4v) is 2.11. The first kappa shape index (κ1) is 17.4. The third kappa shape index (κ3) is 7.64. The van der Waals surface area contributed by atoms with Gasteiger partial charge in [0.05, 0.1) is 12.4 Å². The summed E-state index contributed by atoms with van der Waals surface area (Å²) in [6, 6.07) is 6.54. The number of hydrogen-bond donors (Lipinski definition) is 4. The molecule has 1 atom stereocenters. The number of nitrogens with one attached hydrogen (secondary N) is 3. The summed E-state index contributed by atoms with van der Waals surface area (Å²) in [6.07, 6.45) is 0.980. The highest BCUT2D eigenvalue weighted by Gasteiger charge is 2.05. The van der Waals surface area contributed by atoms with Crippen molar-refractivity contribution < 1.29 is 18.3 Å². The van der Waals surface area contributed by atoms with Crippen molar-refractivity contribution in [1.29, 1.82) is 0 Å². The van der Waals surface area contributed by atoms with Crippen molar-refractivity contribution in [2.45, 2.75) is 19.4 Å². The van der Waals surface area contributed by atoms with Crippen LogP contribution in [0.5, 0.6) is 0 Å². The molecule has 1 aromatic carbocycles. The van der Waals surface area contributed by atoms with Crippen LogP contribution in [-0.4, -0.2) is 38.9 Å². The summed E-state index contributed by atoms with van der Waals surface area (Å²) in [4.78, 5) is 11.6. The highest BCUT2D eigenvalue weighted by Crippen LogP contribution is 2.16. The standard InChI is InChI=1S/C13H21N3O4S/c1-10(17)11-5-3-6-12(9-11)16-13(18)14-7-4-8-15-21(2,19)20/h3,5-6,9-10,15,17H,4,7-8H2,1-2H3,(H2,14,16,18). The first-order chi connectivity index (χ1) is 9.78. The topological polar surface area (TPSA) is 108 Å². The summed E-state index contributed by atoms with van der Waals surface area (Å²) >= 11 is 0. The highest BCUT2D eigenvalue weighted by atomic mass is 32.2. The van der Waals surface area contributed by atoms with E-state index in [4.69, 9.17) is 0 Å². The molecule has 0 aromatic heterocycles. The van der Waals surface area contributed by atoms with Gasteiger partial charge in [-0.15, -0.1) is 0 Å². The molecule has 7 nitrogen and oxygen atoms in total.